The van der Waals surface area contributed by atoms with Crippen molar-refractivity contribution in [3.05, 3.63) is 34.1 Å². The van der Waals surface area contributed by atoms with Crippen molar-refractivity contribution in [1.29, 1.82) is 0 Å². The van der Waals surface area contributed by atoms with Gasteiger partial charge in [0.05, 0.1) is 5.41 Å². The molecule has 0 bridgehead atoms. The first kappa shape index (κ1) is 15.0. The minimum absolute atomic E-state index is 0.204. The van der Waals surface area contributed by atoms with Crippen LogP contribution in [0.5, 0.6) is 0 Å². The minimum atomic E-state index is -0.653. The summed E-state index contributed by atoms with van der Waals surface area (Å²) in [5.74, 6) is -1.27. The third kappa shape index (κ3) is 3.17. The Bertz CT molecular complexity index is 522. The normalized spacial score (nSPS) is 16.9. The molecule has 0 unspecified atom stereocenters. The fourth-order valence-electron chi connectivity index (χ4n) is 2.60. The van der Waals surface area contributed by atoms with Gasteiger partial charge in [-0.2, -0.15) is 0 Å². The first-order chi connectivity index (χ1) is 9.43. The minimum Gasteiger partial charge on any atom is -0.369 e. The molecule has 3 N–H and O–H groups in total. The second-order valence-electron chi connectivity index (χ2n) is 5.19. The van der Waals surface area contributed by atoms with Gasteiger partial charge in [-0.05, 0) is 31.0 Å². The highest BCUT2D eigenvalue weighted by Gasteiger charge is 2.39. The fraction of sp³-hybridized carbons (Fsp3) is 0.429. The van der Waals surface area contributed by atoms with Crippen LogP contribution < -0.4 is 11.1 Å². The van der Waals surface area contributed by atoms with E-state index in [0.29, 0.717) is 17.3 Å². The van der Waals surface area contributed by atoms with Crippen molar-refractivity contribution in [2.75, 3.05) is 6.54 Å². The summed E-state index contributed by atoms with van der Waals surface area (Å²) in [5.41, 5.74) is 5.01. The molecule has 0 radical (unpaired) electrons. The topological polar surface area (TPSA) is 72.2 Å². The Balaban J connectivity index is 2.06. The highest BCUT2D eigenvalue weighted by Crippen LogP contribution is 2.37. The first-order valence-corrected chi connectivity index (χ1v) is 7.26. The van der Waals surface area contributed by atoms with E-state index >= 15 is 0 Å². The molecule has 1 aromatic rings. The number of rotatable bonds is 4. The van der Waals surface area contributed by atoms with Crippen molar-refractivity contribution in [2.24, 2.45) is 11.1 Å². The van der Waals surface area contributed by atoms with Crippen molar-refractivity contribution in [3.8, 4) is 0 Å². The molecule has 1 aliphatic carbocycles. The van der Waals surface area contributed by atoms with Crippen LogP contribution in [-0.4, -0.2) is 18.4 Å². The van der Waals surface area contributed by atoms with Gasteiger partial charge in [-0.15, -0.1) is 0 Å². The average molecular weight is 343 g/mol. The number of nitrogens with two attached hydrogens (primary N) is 1. The molecule has 6 heteroatoms. The molecule has 0 aromatic heterocycles. The summed E-state index contributed by atoms with van der Waals surface area (Å²) < 4.78 is 13.7. The Morgan fingerprint density at radius 1 is 1.30 bits per heavy atom. The van der Waals surface area contributed by atoms with Crippen molar-refractivity contribution in [1.82, 2.24) is 5.32 Å². The van der Waals surface area contributed by atoms with Crippen LogP contribution in [0.2, 0.25) is 0 Å². The molecule has 108 valence electrons. The third-order valence-electron chi connectivity index (χ3n) is 3.80. The van der Waals surface area contributed by atoms with Gasteiger partial charge in [0.15, 0.2) is 0 Å². The standard InChI is InChI=1S/C14H16BrFN2O2/c15-10-5-9(6-11(16)7-10)12(19)18-8-14(13(17)20)3-1-2-4-14/h5-7H,1-4,8H2,(H2,17,20)(H,18,19). The summed E-state index contributed by atoms with van der Waals surface area (Å²) in [6.07, 6.45) is 3.25. The number of hydrogen-bond acceptors (Lipinski definition) is 2. The van der Waals surface area contributed by atoms with E-state index in [1.165, 1.54) is 12.1 Å². The third-order valence-corrected chi connectivity index (χ3v) is 4.25. The van der Waals surface area contributed by atoms with Crippen LogP contribution in [0, 0.1) is 11.2 Å². The van der Waals surface area contributed by atoms with E-state index in [9.17, 15) is 14.0 Å². The van der Waals surface area contributed by atoms with Crippen molar-refractivity contribution < 1.29 is 14.0 Å². The lowest BCUT2D eigenvalue weighted by molar-refractivity contribution is -0.127. The van der Waals surface area contributed by atoms with Crippen LogP contribution in [0.3, 0.4) is 0 Å². The Labute approximate surface area is 125 Å². The molecule has 1 aliphatic rings. The number of carbonyl (C=O) groups is 2. The highest BCUT2D eigenvalue weighted by atomic mass is 79.9. The monoisotopic (exact) mass is 342 g/mol. The number of hydrogen-bond donors (Lipinski definition) is 2. The second-order valence-corrected chi connectivity index (χ2v) is 6.11. The van der Waals surface area contributed by atoms with Crippen molar-refractivity contribution in [3.63, 3.8) is 0 Å². The first-order valence-electron chi connectivity index (χ1n) is 6.47. The van der Waals surface area contributed by atoms with Gasteiger partial charge < -0.3 is 11.1 Å². The van der Waals surface area contributed by atoms with Gasteiger partial charge in [-0.1, -0.05) is 28.8 Å². The second kappa shape index (κ2) is 5.91. The zero-order valence-electron chi connectivity index (χ0n) is 10.9. The van der Waals surface area contributed by atoms with E-state index in [4.69, 9.17) is 5.73 Å². The lowest BCUT2D eigenvalue weighted by Crippen LogP contribution is -2.44. The lowest BCUT2D eigenvalue weighted by atomic mass is 9.85. The smallest absolute Gasteiger partial charge is 0.251 e. The lowest BCUT2D eigenvalue weighted by Gasteiger charge is -2.25. The predicted molar refractivity (Wildman–Crippen MR) is 76.5 cm³/mol. The number of nitrogens with one attached hydrogen (secondary N) is 1. The zero-order chi connectivity index (χ0) is 14.8. The van der Waals surface area contributed by atoms with Crippen molar-refractivity contribution >= 4 is 27.7 Å². The molecule has 0 heterocycles. The molecular formula is C14H16BrFN2O2. The van der Waals surface area contributed by atoms with Gasteiger partial charge in [-0.3, -0.25) is 9.59 Å². The van der Waals surface area contributed by atoms with Crippen LogP contribution in [0.1, 0.15) is 36.0 Å². The molecule has 1 fully saturated rings. The van der Waals surface area contributed by atoms with Crippen LogP contribution in [0.25, 0.3) is 0 Å². The predicted octanol–water partition coefficient (Wildman–Crippen LogP) is 2.36. The Hall–Kier alpha value is -1.43. The maximum absolute atomic E-state index is 13.2. The molecule has 0 spiro atoms. The van der Waals surface area contributed by atoms with Gasteiger partial charge in [0.1, 0.15) is 5.82 Å². The van der Waals surface area contributed by atoms with Crippen molar-refractivity contribution in [2.45, 2.75) is 25.7 Å². The number of halogens is 2. The van der Waals surface area contributed by atoms with Crippen LogP contribution >= 0.6 is 15.9 Å². The van der Waals surface area contributed by atoms with Gasteiger partial charge in [0, 0.05) is 16.6 Å². The van der Waals surface area contributed by atoms with E-state index in [2.05, 4.69) is 21.2 Å². The maximum Gasteiger partial charge on any atom is 0.251 e. The summed E-state index contributed by atoms with van der Waals surface area (Å²) in [4.78, 5) is 23.6. The molecule has 0 atom stereocenters. The summed E-state index contributed by atoms with van der Waals surface area (Å²) in [7, 11) is 0. The molecule has 20 heavy (non-hydrogen) atoms. The van der Waals surface area contributed by atoms with Gasteiger partial charge in [-0.25, -0.2) is 4.39 Å². The molecule has 1 aromatic carbocycles. The van der Waals surface area contributed by atoms with Crippen LogP contribution in [-0.2, 0) is 4.79 Å². The van der Waals surface area contributed by atoms with Crippen LogP contribution in [0.15, 0.2) is 22.7 Å². The summed E-state index contributed by atoms with van der Waals surface area (Å²) >= 11 is 3.14. The number of primary amides is 1. The summed E-state index contributed by atoms with van der Waals surface area (Å²) in [6.45, 7) is 0.204. The zero-order valence-corrected chi connectivity index (χ0v) is 12.5. The molecule has 0 saturated heterocycles. The largest absolute Gasteiger partial charge is 0.369 e. The Morgan fingerprint density at radius 2 is 1.95 bits per heavy atom. The fourth-order valence-corrected chi connectivity index (χ4v) is 3.06. The van der Waals surface area contributed by atoms with Gasteiger partial charge in [0.2, 0.25) is 5.91 Å². The number of amides is 2. The Morgan fingerprint density at radius 3 is 2.50 bits per heavy atom. The van der Waals surface area contributed by atoms with Crippen LogP contribution in [0.4, 0.5) is 4.39 Å². The quantitative estimate of drug-likeness (QED) is 0.881. The molecule has 2 amide bonds. The van der Waals surface area contributed by atoms with Gasteiger partial charge in [0.25, 0.3) is 5.91 Å². The number of benzene rings is 1. The molecule has 2 rings (SSSR count). The van der Waals surface area contributed by atoms with Gasteiger partial charge >= 0.3 is 0 Å². The average Bonchev–Trinajstić information content (AvgIpc) is 2.84. The van der Waals surface area contributed by atoms with E-state index in [1.54, 1.807) is 0 Å². The molecule has 0 aliphatic heterocycles. The SMILES string of the molecule is NC(=O)C1(CNC(=O)c2cc(F)cc(Br)c2)CCCC1. The summed E-state index contributed by atoms with van der Waals surface area (Å²) in [5, 5.41) is 2.69. The molecule has 1 saturated carbocycles. The molecule has 4 nitrogen and oxygen atoms in total. The highest BCUT2D eigenvalue weighted by molar-refractivity contribution is 9.10. The Kier molecular flexibility index (Phi) is 4.42. The van der Waals surface area contributed by atoms with E-state index in [1.807, 2.05) is 0 Å². The van der Waals surface area contributed by atoms with E-state index < -0.39 is 17.1 Å². The van der Waals surface area contributed by atoms with E-state index in [0.717, 1.165) is 18.9 Å². The number of carbonyl (C=O) groups excluding carboxylic acids is 2. The molecular weight excluding hydrogens is 327 g/mol. The van der Waals surface area contributed by atoms with E-state index in [-0.39, 0.29) is 18.0 Å². The summed E-state index contributed by atoms with van der Waals surface area (Å²) in [6, 6.07) is 3.97. The maximum atomic E-state index is 13.2.